The highest BCUT2D eigenvalue weighted by molar-refractivity contribution is 5.94. The molecular formula is C19H29N3O3. The average Bonchev–Trinajstić information content (AvgIpc) is 2.60. The number of nitrogens with one attached hydrogen (secondary N) is 2. The van der Waals surface area contributed by atoms with Gasteiger partial charge in [-0.2, -0.15) is 0 Å². The molecule has 0 atom stereocenters. The molecule has 1 heterocycles. The summed E-state index contributed by atoms with van der Waals surface area (Å²) in [6.45, 7) is 6.30. The molecule has 2 N–H and O–H groups in total. The van der Waals surface area contributed by atoms with Crippen molar-refractivity contribution in [3.8, 4) is 0 Å². The summed E-state index contributed by atoms with van der Waals surface area (Å²) < 4.78 is 5.22. The molecular weight excluding hydrogens is 318 g/mol. The summed E-state index contributed by atoms with van der Waals surface area (Å²) in [5.74, 6) is 0.0575. The quantitative estimate of drug-likeness (QED) is 0.830. The predicted octanol–water partition coefficient (Wildman–Crippen LogP) is 2.33. The van der Waals surface area contributed by atoms with Crippen molar-refractivity contribution in [1.82, 2.24) is 15.5 Å². The maximum Gasteiger partial charge on any atom is 0.315 e. The molecule has 138 valence electrons. The van der Waals surface area contributed by atoms with E-state index in [1.54, 1.807) is 7.11 Å². The summed E-state index contributed by atoms with van der Waals surface area (Å²) in [7, 11) is 1.66. The number of ether oxygens (including phenoxy) is 1. The topological polar surface area (TPSA) is 70.7 Å². The van der Waals surface area contributed by atoms with Crippen LogP contribution in [0.3, 0.4) is 0 Å². The Labute approximate surface area is 149 Å². The van der Waals surface area contributed by atoms with Crippen LogP contribution >= 0.6 is 0 Å². The van der Waals surface area contributed by atoms with E-state index >= 15 is 0 Å². The minimum absolute atomic E-state index is 0.0575. The number of carbonyl (C=O) groups is 2. The van der Waals surface area contributed by atoms with Gasteiger partial charge in [-0.15, -0.1) is 0 Å². The second-order valence-electron chi connectivity index (χ2n) is 6.67. The number of aryl methyl sites for hydroxylation is 1. The van der Waals surface area contributed by atoms with E-state index in [9.17, 15) is 9.59 Å². The SMILES string of the molecule is CCNC(=O)NC1(CCOC)CCN(C(=O)c2cccc(C)c2)CC1. The van der Waals surface area contributed by atoms with E-state index in [-0.39, 0.29) is 17.5 Å². The zero-order valence-corrected chi connectivity index (χ0v) is 15.4. The first-order chi connectivity index (χ1) is 12.0. The van der Waals surface area contributed by atoms with Crippen LogP contribution in [-0.2, 0) is 4.74 Å². The number of urea groups is 1. The molecule has 25 heavy (non-hydrogen) atoms. The zero-order valence-electron chi connectivity index (χ0n) is 15.4. The summed E-state index contributed by atoms with van der Waals surface area (Å²) >= 11 is 0. The maximum atomic E-state index is 12.7. The number of piperidine rings is 1. The highest BCUT2D eigenvalue weighted by atomic mass is 16.5. The molecule has 1 aromatic rings. The van der Waals surface area contributed by atoms with E-state index < -0.39 is 0 Å². The second-order valence-corrected chi connectivity index (χ2v) is 6.67. The van der Waals surface area contributed by atoms with Gasteiger partial charge in [-0.25, -0.2) is 4.79 Å². The minimum atomic E-state index is -0.321. The number of likely N-dealkylation sites (tertiary alicyclic amines) is 1. The van der Waals surface area contributed by atoms with Gasteiger partial charge in [0.25, 0.3) is 5.91 Å². The summed E-state index contributed by atoms with van der Waals surface area (Å²) in [5.41, 5.74) is 1.48. The van der Waals surface area contributed by atoms with Gasteiger partial charge in [0.1, 0.15) is 0 Å². The number of hydrogen-bond donors (Lipinski definition) is 2. The fraction of sp³-hybridized carbons (Fsp3) is 0.579. The molecule has 3 amide bonds. The third-order valence-corrected chi connectivity index (χ3v) is 4.77. The standard InChI is InChI=1S/C19H29N3O3/c1-4-20-18(24)21-19(10-13-25-3)8-11-22(12-9-19)17(23)16-7-5-6-15(2)14-16/h5-7,14H,4,8-13H2,1-3H3,(H2,20,21,24). The van der Waals surface area contributed by atoms with Crippen LogP contribution in [0.25, 0.3) is 0 Å². The van der Waals surface area contributed by atoms with Crippen molar-refractivity contribution < 1.29 is 14.3 Å². The largest absolute Gasteiger partial charge is 0.385 e. The Morgan fingerprint density at radius 2 is 2.00 bits per heavy atom. The van der Waals surface area contributed by atoms with E-state index in [1.807, 2.05) is 43.0 Å². The molecule has 0 unspecified atom stereocenters. The number of amides is 3. The molecule has 0 bridgehead atoms. The number of hydrogen-bond acceptors (Lipinski definition) is 3. The molecule has 1 saturated heterocycles. The number of methoxy groups -OCH3 is 1. The molecule has 1 fully saturated rings. The van der Waals surface area contributed by atoms with Gasteiger partial charge in [-0.1, -0.05) is 17.7 Å². The lowest BCUT2D eigenvalue weighted by atomic mass is 9.84. The van der Waals surface area contributed by atoms with E-state index in [0.29, 0.717) is 26.2 Å². The molecule has 0 spiro atoms. The minimum Gasteiger partial charge on any atom is -0.385 e. The van der Waals surface area contributed by atoms with Crippen LogP contribution in [0, 0.1) is 6.92 Å². The van der Waals surface area contributed by atoms with Gasteiger partial charge in [0, 0.05) is 44.5 Å². The molecule has 0 saturated carbocycles. The molecule has 0 aromatic heterocycles. The van der Waals surface area contributed by atoms with Crippen LogP contribution in [0.15, 0.2) is 24.3 Å². The Kier molecular flexibility index (Phi) is 6.82. The first kappa shape index (κ1) is 19.2. The average molecular weight is 347 g/mol. The van der Waals surface area contributed by atoms with Gasteiger partial charge in [-0.05, 0) is 45.2 Å². The Balaban J connectivity index is 2.02. The van der Waals surface area contributed by atoms with Crippen molar-refractivity contribution >= 4 is 11.9 Å². The Bertz CT molecular complexity index is 595. The van der Waals surface area contributed by atoms with Gasteiger partial charge in [0.2, 0.25) is 0 Å². The lowest BCUT2D eigenvalue weighted by molar-refractivity contribution is 0.0603. The highest BCUT2D eigenvalue weighted by Gasteiger charge is 2.37. The van der Waals surface area contributed by atoms with Gasteiger partial charge in [0.15, 0.2) is 0 Å². The molecule has 1 aliphatic heterocycles. The van der Waals surface area contributed by atoms with Crippen LogP contribution in [0.5, 0.6) is 0 Å². The number of benzene rings is 1. The fourth-order valence-electron chi connectivity index (χ4n) is 3.28. The molecule has 1 aromatic carbocycles. The van der Waals surface area contributed by atoms with E-state index in [0.717, 1.165) is 30.4 Å². The predicted molar refractivity (Wildman–Crippen MR) is 97.7 cm³/mol. The Hall–Kier alpha value is -2.08. The smallest absolute Gasteiger partial charge is 0.315 e. The lowest BCUT2D eigenvalue weighted by Crippen LogP contribution is -2.58. The normalized spacial score (nSPS) is 16.4. The number of nitrogens with zero attached hydrogens (tertiary/aromatic N) is 1. The van der Waals surface area contributed by atoms with Crippen LogP contribution in [-0.4, -0.2) is 55.7 Å². The van der Waals surface area contributed by atoms with Crippen LogP contribution in [0.2, 0.25) is 0 Å². The summed E-state index contributed by atoms with van der Waals surface area (Å²) in [4.78, 5) is 26.6. The van der Waals surface area contributed by atoms with Crippen molar-refractivity contribution in [3.05, 3.63) is 35.4 Å². The van der Waals surface area contributed by atoms with Gasteiger partial charge in [0.05, 0.1) is 0 Å². The second kappa shape index (κ2) is 8.85. The van der Waals surface area contributed by atoms with Crippen LogP contribution in [0.4, 0.5) is 4.79 Å². The van der Waals surface area contributed by atoms with Crippen molar-refractivity contribution in [3.63, 3.8) is 0 Å². The summed E-state index contributed by atoms with van der Waals surface area (Å²) in [6, 6.07) is 7.51. The summed E-state index contributed by atoms with van der Waals surface area (Å²) in [5, 5.41) is 5.90. The number of carbonyl (C=O) groups excluding carboxylic acids is 2. The van der Waals surface area contributed by atoms with Crippen molar-refractivity contribution in [2.24, 2.45) is 0 Å². The van der Waals surface area contributed by atoms with Crippen molar-refractivity contribution in [2.75, 3.05) is 33.4 Å². The fourth-order valence-corrected chi connectivity index (χ4v) is 3.28. The van der Waals surface area contributed by atoms with Gasteiger partial charge < -0.3 is 20.3 Å². The molecule has 0 radical (unpaired) electrons. The zero-order chi connectivity index (χ0) is 18.3. The van der Waals surface area contributed by atoms with Crippen molar-refractivity contribution in [1.29, 1.82) is 0 Å². The Morgan fingerprint density at radius 3 is 2.60 bits per heavy atom. The summed E-state index contributed by atoms with van der Waals surface area (Å²) in [6.07, 6.45) is 2.20. The van der Waals surface area contributed by atoms with Crippen LogP contribution in [0.1, 0.15) is 42.1 Å². The first-order valence-electron chi connectivity index (χ1n) is 8.90. The highest BCUT2D eigenvalue weighted by Crippen LogP contribution is 2.27. The lowest BCUT2D eigenvalue weighted by Gasteiger charge is -2.42. The van der Waals surface area contributed by atoms with E-state index in [2.05, 4.69) is 10.6 Å². The third-order valence-electron chi connectivity index (χ3n) is 4.77. The first-order valence-corrected chi connectivity index (χ1v) is 8.90. The van der Waals surface area contributed by atoms with Crippen molar-refractivity contribution in [2.45, 2.75) is 38.6 Å². The molecule has 6 nitrogen and oxygen atoms in total. The molecule has 0 aliphatic carbocycles. The van der Waals surface area contributed by atoms with Crippen LogP contribution < -0.4 is 10.6 Å². The maximum absolute atomic E-state index is 12.7. The molecule has 1 aliphatic rings. The van der Waals surface area contributed by atoms with Gasteiger partial charge >= 0.3 is 6.03 Å². The third kappa shape index (κ3) is 5.19. The number of rotatable bonds is 6. The monoisotopic (exact) mass is 347 g/mol. The molecule has 2 rings (SSSR count). The van der Waals surface area contributed by atoms with E-state index in [4.69, 9.17) is 4.74 Å². The van der Waals surface area contributed by atoms with E-state index in [1.165, 1.54) is 0 Å². The Morgan fingerprint density at radius 1 is 1.28 bits per heavy atom. The molecule has 6 heteroatoms. The van der Waals surface area contributed by atoms with Gasteiger partial charge in [-0.3, -0.25) is 4.79 Å².